The minimum absolute atomic E-state index is 0.116. The highest BCUT2D eigenvalue weighted by atomic mass is 32.2. The zero-order chi connectivity index (χ0) is 15.2. The van der Waals surface area contributed by atoms with Crippen molar-refractivity contribution in [2.45, 2.75) is 31.8 Å². The van der Waals surface area contributed by atoms with Gasteiger partial charge >= 0.3 is 0 Å². The van der Waals surface area contributed by atoms with E-state index in [1.807, 2.05) is 19.9 Å². The van der Waals surface area contributed by atoms with Gasteiger partial charge in [0, 0.05) is 43.0 Å². The summed E-state index contributed by atoms with van der Waals surface area (Å²) in [4.78, 5) is 22.6. The van der Waals surface area contributed by atoms with Gasteiger partial charge in [-0.3, -0.25) is 4.79 Å². The van der Waals surface area contributed by atoms with E-state index in [9.17, 15) is 4.79 Å². The Morgan fingerprint density at radius 3 is 2.57 bits per heavy atom. The topological polar surface area (TPSA) is 70.5 Å². The third kappa shape index (κ3) is 5.43. The number of piperidine rings is 1. The second kappa shape index (κ2) is 7.51. The van der Waals surface area contributed by atoms with Gasteiger partial charge in [-0.1, -0.05) is 11.8 Å². The molecule has 7 heteroatoms. The standard InChI is InChI=1S/C14H21N5OS/c1-10-8-11(2)16-14(15-10)21-9-13(20)18-17-12-4-6-19(3)7-5-12/h8H,4-7,9H2,1-3H3,(H,18,20). The molecule has 1 saturated heterocycles. The van der Waals surface area contributed by atoms with Crippen molar-refractivity contribution >= 4 is 23.4 Å². The van der Waals surface area contributed by atoms with Gasteiger partial charge in [-0.05, 0) is 27.0 Å². The predicted molar refractivity (Wildman–Crippen MR) is 84.5 cm³/mol. The average Bonchev–Trinajstić information content (AvgIpc) is 2.43. The molecule has 0 saturated carbocycles. The molecule has 0 atom stereocenters. The van der Waals surface area contributed by atoms with E-state index in [0.29, 0.717) is 5.16 Å². The number of likely N-dealkylation sites (tertiary alicyclic amines) is 1. The SMILES string of the molecule is Cc1cc(C)nc(SCC(=O)NN=C2CCN(C)CC2)n1. The molecule has 0 aliphatic carbocycles. The van der Waals surface area contributed by atoms with Crippen molar-refractivity contribution in [3.8, 4) is 0 Å². The number of nitrogens with zero attached hydrogens (tertiary/aromatic N) is 4. The molecule has 0 spiro atoms. The van der Waals surface area contributed by atoms with Crippen molar-refractivity contribution < 1.29 is 4.79 Å². The quantitative estimate of drug-likeness (QED) is 0.517. The summed E-state index contributed by atoms with van der Waals surface area (Å²) >= 11 is 1.33. The molecule has 1 amide bonds. The van der Waals surface area contributed by atoms with Crippen molar-refractivity contribution in [1.82, 2.24) is 20.3 Å². The lowest BCUT2D eigenvalue weighted by atomic mass is 10.1. The second-order valence-electron chi connectivity index (χ2n) is 5.24. The minimum atomic E-state index is -0.116. The molecule has 114 valence electrons. The molecule has 1 N–H and O–H groups in total. The first-order valence-corrected chi connectivity index (χ1v) is 7.99. The van der Waals surface area contributed by atoms with Crippen LogP contribution in [0.4, 0.5) is 0 Å². The predicted octanol–water partition coefficient (Wildman–Crippen LogP) is 1.38. The van der Waals surface area contributed by atoms with Crippen molar-refractivity contribution in [3.63, 3.8) is 0 Å². The number of aromatic nitrogens is 2. The van der Waals surface area contributed by atoms with Gasteiger partial charge in [-0.2, -0.15) is 5.10 Å². The highest BCUT2D eigenvalue weighted by Gasteiger charge is 2.12. The molecule has 1 aliphatic heterocycles. The van der Waals surface area contributed by atoms with Gasteiger partial charge in [0.05, 0.1) is 5.75 Å². The van der Waals surface area contributed by atoms with E-state index in [0.717, 1.165) is 43.0 Å². The molecule has 1 aliphatic rings. The van der Waals surface area contributed by atoms with Crippen LogP contribution in [-0.4, -0.2) is 52.4 Å². The smallest absolute Gasteiger partial charge is 0.250 e. The second-order valence-corrected chi connectivity index (χ2v) is 6.18. The van der Waals surface area contributed by atoms with Gasteiger partial charge in [0.15, 0.2) is 5.16 Å². The summed E-state index contributed by atoms with van der Waals surface area (Å²) in [5, 5.41) is 4.84. The van der Waals surface area contributed by atoms with Crippen molar-refractivity contribution in [2.24, 2.45) is 5.10 Å². The van der Waals surface area contributed by atoms with Gasteiger partial charge in [0.1, 0.15) is 0 Å². The fourth-order valence-corrected chi connectivity index (χ4v) is 2.79. The van der Waals surface area contributed by atoms with E-state index in [1.54, 1.807) is 0 Å². The van der Waals surface area contributed by atoms with Crippen LogP contribution in [0.5, 0.6) is 0 Å². The number of amides is 1. The first-order chi connectivity index (χ1) is 10.0. The van der Waals surface area contributed by atoms with Crippen LogP contribution in [0.2, 0.25) is 0 Å². The van der Waals surface area contributed by atoms with Crippen molar-refractivity contribution in [3.05, 3.63) is 17.5 Å². The molecule has 2 rings (SSSR count). The Labute approximate surface area is 129 Å². The molecule has 0 bridgehead atoms. The molecule has 21 heavy (non-hydrogen) atoms. The van der Waals surface area contributed by atoms with Gasteiger partial charge in [0.25, 0.3) is 5.91 Å². The average molecular weight is 307 g/mol. The Morgan fingerprint density at radius 1 is 1.33 bits per heavy atom. The summed E-state index contributed by atoms with van der Waals surface area (Å²) in [5.41, 5.74) is 5.51. The monoisotopic (exact) mass is 307 g/mol. The zero-order valence-electron chi connectivity index (χ0n) is 12.7. The van der Waals surface area contributed by atoms with Crippen LogP contribution >= 0.6 is 11.8 Å². The fourth-order valence-electron chi connectivity index (χ4n) is 2.05. The summed E-state index contributed by atoms with van der Waals surface area (Å²) < 4.78 is 0. The van der Waals surface area contributed by atoms with Crippen LogP contribution in [-0.2, 0) is 4.79 Å². The summed E-state index contributed by atoms with van der Waals surface area (Å²) in [6.07, 6.45) is 1.84. The van der Waals surface area contributed by atoms with Crippen LogP contribution in [0.3, 0.4) is 0 Å². The maximum Gasteiger partial charge on any atom is 0.250 e. The van der Waals surface area contributed by atoms with Crippen LogP contribution in [0.25, 0.3) is 0 Å². The van der Waals surface area contributed by atoms with Crippen LogP contribution in [0, 0.1) is 13.8 Å². The number of nitrogens with one attached hydrogen (secondary N) is 1. The number of carbonyl (C=O) groups excluding carboxylic acids is 1. The zero-order valence-corrected chi connectivity index (χ0v) is 13.5. The van der Waals surface area contributed by atoms with Crippen molar-refractivity contribution in [2.75, 3.05) is 25.9 Å². The molecule has 1 aromatic heterocycles. The Bertz CT molecular complexity index is 516. The van der Waals surface area contributed by atoms with E-state index < -0.39 is 0 Å². The summed E-state index contributed by atoms with van der Waals surface area (Å²) in [6, 6.07) is 1.91. The van der Waals surface area contributed by atoms with Gasteiger partial charge < -0.3 is 4.90 Å². The molecular formula is C14H21N5OS. The summed E-state index contributed by atoms with van der Waals surface area (Å²) in [7, 11) is 2.09. The van der Waals surface area contributed by atoms with E-state index in [2.05, 4.69) is 32.4 Å². The third-order valence-electron chi connectivity index (χ3n) is 3.20. The normalized spacial score (nSPS) is 15.9. The molecule has 0 unspecified atom stereocenters. The number of thioether (sulfide) groups is 1. The Morgan fingerprint density at radius 2 is 1.95 bits per heavy atom. The lowest BCUT2D eigenvalue weighted by molar-refractivity contribution is -0.118. The van der Waals surface area contributed by atoms with Gasteiger partial charge in [0.2, 0.25) is 0 Å². The fraction of sp³-hybridized carbons (Fsp3) is 0.571. The van der Waals surface area contributed by atoms with Gasteiger partial charge in [-0.25, -0.2) is 15.4 Å². The Kier molecular flexibility index (Phi) is 5.69. The molecule has 6 nitrogen and oxygen atoms in total. The molecule has 0 aromatic carbocycles. The number of carbonyl (C=O) groups is 1. The first kappa shape index (κ1) is 15.9. The molecule has 1 aromatic rings. The third-order valence-corrected chi connectivity index (χ3v) is 4.04. The van der Waals surface area contributed by atoms with Crippen LogP contribution < -0.4 is 5.43 Å². The highest BCUT2D eigenvalue weighted by molar-refractivity contribution is 7.99. The minimum Gasteiger partial charge on any atom is -0.306 e. The van der Waals surface area contributed by atoms with Gasteiger partial charge in [-0.15, -0.1) is 0 Å². The lowest BCUT2D eigenvalue weighted by Gasteiger charge is -2.22. The molecule has 1 fully saturated rings. The number of hydrogen-bond donors (Lipinski definition) is 1. The van der Waals surface area contributed by atoms with E-state index in [-0.39, 0.29) is 11.7 Å². The number of hydrazone groups is 1. The number of aryl methyl sites for hydroxylation is 2. The summed E-state index contributed by atoms with van der Waals surface area (Å²) in [6.45, 7) is 5.84. The molecular weight excluding hydrogens is 286 g/mol. The van der Waals surface area contributed by atoms with Crippen LogP contribution in [0.15, 0.2) is 16.3 Å². The molecule has 2 heterocycles. The number of rotatable bonds is 4. The van der Waals surface area contributed by atoms with E-state index in [1.165, 1.54) is 11.8 Å². The first-order valence-electron chi connectivity index (χ1n) is 7.01. The Balaban J connectivity index is 1.78. The van der Waals surface area contributed by atoms with E-state index in [4.69, 9.17) is 0 Å². The van der Waals surface area contributed by atoms with Crippen molar-refractivity contribution in [1.29, 1.82) is 0 Å². The molecule has 0 radical (unpaired) electrons. The van der Waals surface area contributed by atoms with E-state index >= 15 is 0 Å². The maximum absolute atomic E-state index is 11.8. The summed E-state index contributed by atoms with van der Waals surface area (Å²) in [5.74, 6) is 0.161. The van der Waals surface area contributed by atoms with Crippen LogP contribution in [0.1, 0.15) is 24.2 Å². The highest BCUT2D eigenvalue weighted by Crippen LogP contribution is 2.13. The lowest BCUT2D eigenvalue weighted by Crippen LogP contribution is -2.32. The number of hydrogen-bond acceptors (Lipinski definition) is 6. The Hall–Kier alpha value is -1.47. The largest absolute Gasteiger partial charge is 0.306 e. The maximum atomic E-state index is 11.8.